The maximum atomic E-state index is 13.1. The van der Waals surface area contributed by atoms with Crippen LogP contribution in [-0.4, -0.2) is 96.7 Å². The Labute approximate surface area is 622 Å². The number of aliphatic hydroxyl groups excluding tert-OH is 1. The first-order valence-corrected chi connectivity index (χ1v) is 44.2. The summed E-state index contributed by atoms with van der Waals surface area (Å²) in [5.41, 5.74) is 0. The van der Waals surface area contributed by atoms with Crippen LogP contribution in [0.25, 0.3) is 0 Å². The first-order valence-electron chi connectivity index (χ1n) is 41.2. The van der Waals surface area contributed by atoms with Gasteiger partial charge in [-0.2, -0.15) is 0 Å². The Morgan fingerprint density at radius 2 is 0.490 bits per heavy atom. The highest BCUT2D eigenvalue weighted by Crippen LogP contribution is 2.45. The van der Waals surface area contributed by atoms with Crippen molar-refractivity contribution >= 4 is 39.5 Å². The van der Waals surface area contributed by atoms with Crippen molar-refractivity contribution in [2.45, 2.75) is 393 Å². The van der Waals surface area contributed by atoms with Gasteiger partial charge in [0.1, 0.15) is 19.3 Å². The van der Waals surface area contributed by atoms with Crippen molar-refractivity contribution in [3.8, 4) is 0 Å². The molecule has 0 aliphatic heterocycles. The molecule has 0 aliphatic rings. The maximum absolute atomic E-state index is 13.1. The second-order valence-electron chi connectivity index (χ2n) is 27.7. The third-order valence-electron chi connectivity index (χ3n) is 17.7. The van der Waals surface area contributed by atoms with Gasteiger partial charge in [0, 0.05) is 25.7 Å². The largest absolute Gasteiger partial charge is 0.472 e. The Balaban J connectivity index is 5.39. The lowest BCUT2D eigenvalue weighted by molar-refractivity contribution is -0.161. The van der Waals surface area contributed by atoms with Crippen LogP contribution >= 0.6 is 15.6 Å². The average Bonchev–Trinajstić information content (AvgIpc) is 0.917. The fourth-order valence-electron chi connectivity index (χ4n) is 11.4. The van der Waals surface area contributed by atoms with Gasteiger partial charge in [-0.05, 0) is 96.3 Å². The molecule has 0 fully saturated rings. The van der Waals surface area contributed by atoms with Gasteiger partial charge in [0.2, 0.25) is 0 Å². The maximum Gasteiger partial charge on any atom is 0.472 e. The molecule has 0 saturated heterocycles. The SMILES string of the molecule is CCCCC/C=C\C/C=C\C/C=C\C/C=C\CCCC(=O)O[C@H](COC(=O)CCCCCCCCCCCCCCCCC)COP(=O)(O)OC[C@H](O)COP(=O)(O)OC[C@@H](COC(=O)CCCCCCCCCCCCCCCCC)OC(=O)CCCCCCC/C=C\C/C=C\CCCCC. The molecule has 19 heteroatoms. The summed E-state index contributed by atoms with van der Waals surface area (Å²) in [6.07, 6.45) is 77.3. The minimum atomic E-state index is -4.99. The second-order valence-corrected chi connectivity index (χ2v) is 30.6. The number of carbonyl (C=O) groups excluding carboxylic acids is 4. The van der Waals surface area contributed by atoms with Crippen LogP contribution in [0.5, 0.6) is 0 Å². The van der Waals surface area contributed by atoms with Gasteiger partial charge in [0.05, 0.1) is 26.4 Å². The number of esters is 4. The lowest BCUT2D eigenvalue weighted by Gasteiger charge is -2.21. The van der Waals surface area contributed by atoms with Crippen LogP contribution in [0.15, 0.2) is 72.9 Å². The van der Waals surface area contributed by atoms with Crippen LogP contribution in [0.3, 0.4) is 0 Å². The molecule has 0 saturated carbocycles. The smallest absolute Gasteiger partial charge is 0.462 e. The lowest BCUT2D eigenvalue weighted by Crippen LogP contribution is -2.30. The first-order chi connectivity index (χ1) is 49.7. The van der Waals surface area contributed by atoms with E-state index in [4.69, 9.17) is 37.0 Å². The van der Waals surface area contributed by atoms with Gasteiger partial charge in [0.25, 0.3) is 0 Å². The fraction of sp³-hybridized carbons (Fsp3) is 0.807. The number of aliphatic hydroxyl groups is 1. The van der Waals surface area contributed by atoms with Crippen molar-refractivity contribution in [2.75, 3.05) is 39.6 Å². The highest BCUT2D eigenvalue weighted by Gasteiger charge is 2.30. The Morgan fingerprint density at radius 1 is 0.275 bits per heavy atom. The lowest BCUT2D eigenvalue weighted by atomic mass is 10.0. The van der Waals surface area contributed by atoms with Crippen LogP contribution in [0.1, 0.15) is 374 Å². The van der Waals surface area contributed by atoms with E-state index in [0.717, 1.165) is 109 Å². The van der Waals surface area contributed by atoms with E-state index in [0.29, 0.717) is 32.1 Å². The molecule has 17 nitrogen and oxygen atoms in total. The summed E-state index contributed by atoms with van der Waals surface area (Å²) in [5, 5.41) is 10.6. The van der Waals surface area contributed by atoms with E-state index in [1.165, 1.54) is 180 Å². The first kappa shape index (κ1) is 98.5. The number of phosphoric ester groups is 2. The molecule has 3 N–H and O–H groups in total. The van der Waals surface area contributed by atoms with Gasteiger partial charge >= 0.3 is 39.5 Å². The number of hydrogen-bond acceptors (Lipinski definition) is 15. The van der Waals surface area contributed by atoms with Crippen LogP contribution < -0.4 is 0 Å². The van der Waals surface area contributed by atoms with Crippen LogP contribution in [0.4, 0.5) is 0 Å². The van der Waals surface area contributed by atoms with Gasteiger partial charge < -0.3 is 33.8 Å². The van der Waals surface area contributed by atoms with Crippen LogP contribution in [0.2, 0.25) is 0 Å². The van der Waals surface area contributed by atoms with Gasteiger partial charge in [0.15, 0.2) is 12.2 Å². The fourth-order valence-corrected chi connectivity index (χ4v) is 12.9. The predicted octanol–water partition coefficient (Wildman–Crippen LogP) is 24.0. The van der Waals surface area contributed by atoms with Crippen LogP contribution in [0, 0.1) is 0 Å². The van der Waals surface area contributed by atoms with Gasteiger partial charge in [-0.1, -0.05) is 325 Å². The molecule has 0 spiro atoms. The Morgan fingerprint density at radius 3 is 0.794 bits per heavy atom. The van der Waals surface area contributed by atoms with E-state index in [1.807, 2.05) is 12.2 Å². The molecule has 102 heavy (non-hydrogen) atoms. The van der Waals surface area contributed by atoms with E-state index >= 15 is 0 Å². The topological polar surface area (TPSA) is 237 Å². The number of carbonyl (C=O) groups is 4. The number of ether oxygens (including phenoxy) is 4. The van der Waals surface area contributed by atoms with Crippen molar-refractivity contribution in [3.05, 3.63) is 72.9 Å². The summed E-state index contributed by atoms with van der Waals surface area (Å²) in [6, 6.07) is 0. The minimum Gasteiger partial charge on any atom is -0.462 e. The molecular weight excluding hydrogens is 1330 g/mol. The molecule has 0 aliphatic carbocycles. The highest BCUT2D eigenvalue weighted by atomic mass is 31.2. The molecule has 0 aromatic heterocycles. The number of rotatable bonds is 78. The Bertz CT molecular complexity index is 2210. The zero-order valence-corrected chi connectivity index (χ0v) is 66.8. The quantitative estimate of drug-likeness (QED) is 0.0169. The molecular formula is C83H150O17P2. The van der Waals surface area contributed by atoms with E-state index in [2.05, 4.69) is 88.5 Å². The molecule has 5 atom stereocenters. The standard InChI is InChI=1S/C83H150O17P2/c1-5-9-13-17-21-25-29-33-37-38-42-46-50-54-58-62-66-70-83(88)100-79(74-94-81(86)68-64-60-56-52-48-44-40-35-31-27-23-19-15-11-7-3)76-98-102(91,92)96-72-77(84)71-95-101(89,90)97-75-78(99-82(87)69-65-61-57-53-49-45-41-36-32-28-24-20-16-12-8-4)73-93-80(85)67-63-59-55-51-47-43-39-34-30-26-22-18-14-10-6-2/h21,24-25,28,33,36-37,41-42,46,54,58,77-79,84H,5-20,22-23,26-27,29-32,34-35,38-40,43-45,47-53,55-57,59-76H2,1-4H3,(H,89,90)(H,91,92)/b25-21-,28-24-,37-33-,41-36-,46-42-,58-54-/t77-,78-,79-/m1/s1. The van der Waals surface area contributed by atoms with Crippen LogP contribution in [-0.2, 0) is 65.4 Å². The molecule has 0 bridgehead atoms. The molecule has 0 heterocycles. The van der Waals surface area contributed by atoms with Crippen molar-refractivity contribution in [1.82, 2.24) is 0 Å². The van der Waals surface area contributed by atoms with Crippen molar-refractivity contribution in [2.24, 2.45) is 0 Å². The number of allylic oxidation sites excluding steroid dienone is 12. The minimum absolute atomic E-state index is 0.0232. The van der Waals surface area contributed by atoms with Gasteiger partial charge in [-0.3, -0.25) is 37.3 Å². The zero-order valence-electron chi connectivity index (χ0n) is 65.0. The second kappa shape index (κ2) is 75.7. The zero-order chi connectivity index (χ0) is 74.6. The van der Waals surface area contributed by atoms with Crippen molar-refractivity contribution in [3.63, 3.8) is 0 Å². The van der Waals surface area contributed by atoms with Crippen molar-refractivity contribution < 1.29 is 80.2 Å². The molecule has 594 valence electrons. The normalized spacial score (nSPS) is 14.2. The van der Waals surface area contributed by atoms with Gasteiger partial charge in [-0.15, -0.1) is 0 Å². The molecule has 0 amide bonds. The highest BCUT2D eigenvalue weighted by molar-refractivity contribution is 7.47. The van der Waals surface area contributed by atoms with Gasteiger partial charge in [-0.25, -0.2) is 9.13 Å². The summed E-state index contributed by atoms with van der Waals surface area (Å²) in [7, 11) is -9.97. The summed E-state index contributed by atoms with van der Waals surface area (Å²) in [5.74, 6) is -2.22. The molecule has 0 aromatic rings. The summed E-state index contributed by atoms with van der Waals surface area (Å²) in [6.45, 7) is 4.82. The Hall–Kier alpha value is -3.50. The summed E-state index contributed by atoms with van der Waals surface area (Å²) < 4.78 is 68.6. The summed E-state index contributed by atoms with van der Waals surface area (Å²) in [4.78, 5) is 73.0. The monoisotopic (exact) mass is 1480 g/mol. The van der Waals surface area contributed by atoms with E-state index < -0.39 is 97.5 Å². The third kappa shape index (κ3) is 74.8. The molecule has 0 aromatic carbocycles. The van der Waals surface area contributed by atoms with E-state index in [1.54, 1.807) is 0 Å². The van der Waals surface area contributed by atoms with E-state index in [-0.39, 0.29) is 25.7 Å². The predicted molar refractivity (Wildman–Crippen MR) is 418 cm³/mol. The van der Waals surface area contributed by atoms with Crippen molar-refractivity contribution in [1.29, 1.82) is 0 Å². The third-order valence-corrected chi connectivity index (χ3v) is 19.6. The number of hydrogen-bond donors (Lipinski definition) is 3. The summed E-state index contributed by atoms with van der Waals surface area (Å²) >= 11 is 0. The molecule has 0 radical (unpaired) electrons. The molecule has 0 rings (SSSR count). The van der Waals surface area contributed by atoms with E-state index in [9.17, 15) is 43.2 Å². The number of phosphoric acid groups is 2. The molecule has 2 unspecified atom stereocenters. The average molecular weight is 1480 g/mol. The Kier molecular flexibility index (Phi) is 73.1. The number of unbranched alkanes of at least 4 members (excludes halogenated alkanes) is 40.